The Hall–Kier alpha value is -5.11. The Balaban J connectivity index is 1.56. The van der Waals surface area contributed by atoms with Gasteiger partial charge in [-0.3, -0.25) is 13.7 Å². The number of carbonyl (C=O) groups excluding carboxylic acids is 1. The molecule has 20 nitrogen and oxygen atoms in total. The lowest BCUT2D eigenvalue weighted by molar-refractivity contribution is -0.145. The van der Waals surface area contributed by atoms with E-state index in [-0.39, 0.29) is 50.6 Å². The molecule has 0 radical (unpaired) electrons. The minimum atomic E-state index is -4.69. The van der Waals surface area contributed by atoms with Gasteiger partial charge in [-0.1, -0.05) is 26.8 Å². The number of hydrogen-bond acceptors (Lipinski definition) is 15. The molecule has 2 aliphatic heterocycles. The number of nitrogens with zero attached hydrogens (tertiary/aromatic N) is 3. The summed E-state index contributed by atoms with van der Waals surface area (Å²) < 4.78 is 126. The molecule has 0 saturated heterocycles. The lowest BCUT2D eigenvalue weighted by Gasteiger charge is -2.30. The van der Waals surface area contributed by atoms with Crippen LogP contribution in [0.15, 0.2) is 81.8 Å². The predicted molar refractivity (Wildman–Crippen MR) is 256 cm³/mol. The first kappa shape index (κ1) is 54.8. The Morgan fingerprint density at radius 2 is 1.46 bits per heavy atom. The molecule has 1 unspecified atom stereocenters. The Labute approximate surface area is 402 Å². The van der Waals surface area contributed by atoms with Crippen molar-refractivity contribution in [1.29, 1.82) is 0 Å². The Kier molecular flexibility index (Phi) is 18.4. The van der Waals surface area contributed by atoms with E-state index in [9.17, 15) is 53.9 Å². The van der Waals surface area contributed by atoms with Crippen molar-refractivity contribution >= 4 is 48.1 Å². The zero-order valence-corrected chi connectivity index (χ0v) is 41.7. The van der Waals surface area contributed by atoms with Gasteiger partial charge in [0.1, 0.15) is 24.7 Å². The summed E-state index contributed by atoms with van der Waals surface area (Å²) >= 11 is 0. The highest BCUT2D eigenvalue weighted by Crippen LogP contribution is 2.51. The van der Waals surface area contributed by atoms with E-state index < -0.39 is 69.9 Å². The lowest BCUT2D eigenvalue weighted by atomic mass is 9.77. The summed E-state index contributed by atoms with van der Waals surface area (Å²) in [5, 5.41) is 20.6. The van der Waals surface area contributed by atoms with Crippen LogP contribution in [0.5, 0.6) is 11.8 Å². The summed E-state index contributed by atoms with van der Waals surface area (Å²) in [4.78, 5) is 19.5. The number of methoxy groups -OCH3 is 1. The highest BCUT2D eigenvalue weighted by Gasteiger charge is 2.44. The zero-order chi connectivity index (χ0) is 50.8. The van der Waals surface area contributed by atoms with Gasteiger partial charge in [0.25, 0.3) is 30.4 Å². The maximum absolute atomic E-state index is 12.9. The van der Waals surface area contributed by atoms with Gasteiger partial charge < -0.3 is 38.6 Å². The molecule has 2 aromatic rings. The Bertz CT molecular complexity index is 2860. The van der Waals surface area contributed by atoms with E-state index in [0.717, 1.165) is 23.3 Å². The fraction of sp³-hybridized carbons (Fsp3) is 0.478. The number of carbonyl (C=O) groups is 1. The van der Waals surface area contributed by atoms with Crippen LogP contribution in [0.4, 0.5) is 5.69 Å². The monoisotopic (exact) mass is 1020 g/mol. The fourth-order valence-electron chi connectivity index (χ4n) is 8.10. The second-order valence-electron chi connectivity index (χ2n) is 17.7. The maximum atomic E-state index is 12.9. The van der Waals surface area contributed by atoms with E-state index in [4.69, 9.17) is 23.5 Å². The molecule has 1 aliphatic carbocycles. The number of aromatic hydroxyl groups is 2. The molecule has 1 aromatic heterocycles. The van der Waals surface area contributed by atoms with E-state index in [0.29, 0.717) is 78.1 Å². The highest BCUT2D eigenvalue weighted by molar-refractivity contribution is 7.86. The van der Waals surface area contributed by atoms with Crippen molar-refractivity contribution in [3.63, 3.8) is 0 Å². The third-order valence-electron chi connectivity index (χ3n) is 11.4. The largest absolute Gasteiger partial charge is 0.492 e. The highest BCUT2D eigenvalue weighted by atomic mass is 32.2. The van der Waals surface area contributed by atoms with Crippen molar-refractivity contribution in [1.82, 2.24) is 9.31 Å². The van der Waals surface area contributed by atoms with Gasteiger partial charge in [0.15, 0.2) is 6.54 Å². The van der Waals surface area contributed by atoms with Crippen molar-refractivity contribution < 1.29 is 77.4 Å². The first-order valence-electron chi connectivity index (χ1n) is 22.1. The van der Waals surface area contributed by atoms with Gasteiger partial charge in [0, 0.05) is 67.1 Å². The number of benzene rings is 2. The van der Waals surface area contributed by atoms with Gasteiger partial charge in [-0.25, -0.2) is 9.37 Å². The molecule has 0 spiro atoms. The number of allylic oxidation sites excluding steroid dienone is 3. The second-order valence-corrected chi connectivity index (χ2v) is 22.3. The number of hydrogen-bond donors (Lipinski definition) is 5. The quantitative estimate of drug-likeness (QED) is 0.0343. The normalized spacial score (nSPS) is 16.8. The minimum absolute atomic E-state index is 0.0365. The molecule has 1 aromatic carbocycles. The fourth-order valence-corrected chi connectivity index (χ4v) is 9.60. The summed E-state index contributed by atoms with van der Waals surface area (Å²) in [6, 6.07) is 13.9. The molecular weight excluding hydrogens is 963 g/mol. The van der Waals surface area contributed by atoms with Gasteiger partial charge in [-0.05, 0) is 85.2 Å². The van der Waals surface area contributed by atoms with Crippen molar-refractivity contribution in [3.8, 4) is 23.1 Å². The molecular formula is C46H62N3O17S3+. The number of rotatable bonds is 25. The molecule has 3 heterocycles. The number of ether oxygens (including phenoxy) is 3. The van der Waals surface area contributed by atoms with Crippen LogP contribution in [0.3, 0.4) is 0 Å². The minimum Gasteiger partial charge on any atom is -0.492 e. The van der Waals surface area contributed by atoms with Crippen LogP contribution < -0.4 is 19.7 Å². The first-order valence-corrected chi connectivity index (χ1v) is 26.8. The summed E-state index contributed by atoms with van der Waals surface area (Å²) in [5.74, 6) is -1.88. The molecule has 3 aliphatic rings. The molecule has 0 amide bonds. The number of fused-ring (bicyclic) bond motifs is 2. The Morgan fingerprint density at radius 1 is 0.812 bits per heavy atom. The first-order chi connectivity index (χ1) is 32.3. The molecule has 380 valence electrons. The van der Waals surface area contributed by atoms with Crippen LogP contribution >= 0.6 is 0 Å². The van der Waals surface area contributed by atoms with Crippen molar-refractivity contribution in [2.45, 2.75) is 75.5 Å². The average Bonchev–Trinajstić information content (AvgIpc) is 3.68. The van der Waals surface area contributed by atoms with Gasteiger partial charge in [0.05, 0.1) is 48.9 Å². The topological polar surface area (TPSA) is 282 Å². The van der Waals surface area contributed by atoms with Crippen LogP contribution in [-0.2, 0) is 60.2 Å². The molecule has 0 saturated carbocycles. The zero-order valence-electron chi connectivity index (χ0n) is 39.2. The van der Waals surface area contributed by atoms with Crippen molar-refractivity contribution in [2.24, 2.45) is 0 Å². The molecule has 1 atom stereocenters. The van der Waals surface area contributed by atoms with Gasteiger partial charge in [0.2, 0.25) is 17.1 Å². The third-order valence-corrected chi connectivity index (χ3v) is 13.9. The summed E-state index contributed by atoms with van der Waals surface area (Å²) in [5.41, 5.74) is 1.77. The van der Waals surface area contributed by atoms with Crippen LogP contribution in [0, 0.1) is 0 Å². The van der Waals surface area contributed by atoms with E-state index in [1.165, 1.54) is 18.2 Å². The number of aromatic nitrogens is 1. The molecule has 23 heteroatoms. The second kappa shape index (κ2) is 23.2. The number of anilines is 1. The lowest BCUT2D eigenvalue weighted by Crippen LogP contribution is -2.35. The van der Waals surface area contributed by atoms with Crippen LogP contribution in [0.1, 0.15) is 76.7 Å². The maximum Gasteiger partial charge on any atom is 0.333 e. The van der Waals surface area contributed by atoms with Gasteiger partial charge >= 0.3 is 5.97 Å². The SMILES string of the molecule is COCCOCCOCC[N+](CCCS(=O)(=O)O)=c1ccc2c(C(C)(C)C)cc(C=CC=C3N(CCCS(=O)(=O)O)c4ccc(S(=O)(=O)O)cc4C3(C)CCCC(=O)On3c(O)ccc3O)oc-2c1. The molecule has 0 fully saturated rings. The summed E-state index contributed by atoms with van der Waals surface area (Å²) in [7, 11) is -11.7. The van der Waals surface area contributed by atoms with E-state index in [2.05, 4.69) is 20.8 Å². The molecule has 5 rings (SSSR count). The third kappa shape index (κ3) is 15.4. The molecule has 5 N–H and O–H groups in total. The summed E-state index contributed by atoms with van der Waals surface area (Å²) in [6.45, 7) is 10.5. The van der Waals surface area contributed by atoms with E-state index in [1.54, 1.807) is 37.2 Å². The van der Waals surface area contributed by atoms with Crippen LogP contribution in [0.2, 0.25) is 0 Å². The predicted octanol–water partition coefficient (Wildman–Crippen LogP) is 4.65. The van der Waals surface area contributed by atoms with Crippen molar-refractivity contribution in [2.75, 3.05) is 76.2 Å². The van der Waals surface area contributed by atoms with Crippen LogP contribution in [0.25, 0.3) is 17.4 Å². The van der Waals surface area contributed by atoms with Crippen molar-refractivity contribution in [3.05, 3.63) is 94.7 Å². The van der Waals surface area contributed by atoms with E-state index in [1.807, 2.05) is 28.8 Å². The van der Waals surface area contributed by atoms with Gasteiger partial charge in [-0.15, -0.1) is 4.73 Å². The van der Waals surface area contributed by atoms with Gasteiger partial charge in [-0.2, -0.15) is 25.3 Å². The Morgan fingerprint density at radius 3 is 2.10 bits per heavy atom. The standard InChI is InChI=1S/C46H61N3O17S3/c1-45(2,3)37-31-34(65-40-30-33(13-15-36(37)40)47(20-8-28-67(53,54)55)22-23-63-26-27-64-25-24-62-5)10-6-11-41-46(4,19-7-12-44(52)66-49-42(50)17-18-43(49)51)38-32-35(69(59,60)61)14-16-39(38)48(41)21-9-29-68(56,57)58/h6,10-11,13-18,30-32H,7-9,12,19-29H2,1-5H3,(H4-,50,51,53,54,55,56,57,58,59,60,61)/p+1. The molecule has 69 heavy (non-hydrogen) atoms. The van der Waals surface area contributed by atoms with Crippen LogP contribution in [-0.4, -0.2) is 131 Å². The smallest absolute Gasteiger partial charge is 0.333 e. The summed E-state index contributed by atoms with van der Waals surface area (Å²) in [6.07, 6.45) is 5.38. The van der Waals surface area contributed by atoms with E-state index >= 15 is 0 Å². The molecule has 0 bridgehead atoms. The average molecular weight is 1030 g/mol.